The summed E-state index contributed by atoms with van der Waals surface area (Å²) in [5.41, 5.74) is 1.78. The van der Waals surface area contributed by atoms with Crippen molar-refractivity contribution in [3.63, 3.8) is 0 Å². The molecule has 0 fully saturated rings. The van der Waals surface area contributed by atoms with Gasteiger partial charge in [-0.05, 0) is 6.92 Å². The number of aromatic amines is 1. The van der Waals surface area contributed by atoms with E-state index in [2.05, 4.69) is 41.3 Å². The van der Waals surface area contributed by atoms with Gasteiger partial charge >= 0.3 is 0 Å². The molecule has 0 spiro atoms. The second-order valence-corrected chi connectivity index (χ2v) is 6.56. The van der Waals surface area contributed by atoms with Crippen molar-refractivity contribution in [2.24, 2.45) is 0 Å². The van der Waals surface area contributed by atoms with Gasteiger partial charge in [0.1, 0.15) is 0 Å². The lowest BCUT2D eigenvalue weighted by Gasteiger charge is -2.14. The molecule has 0 bridgehead atoms. The van der Waals surface area contributed by atoms with E-state index in [-0.39, 0.29) is 17.7 Å². The fraction of sp³-hybridized carbons (Fsp3) is 0.462. The van der Waals surface area contributed by atoms with Gasteiger partial charge in [0.25, 0.3) is 0 Å². The third-order valence-corrected chi connectivity index (χ3v) is 3.48. The minimum Gasteiger partial charge on any atom is -0.309 e. The van der Waals surface area contributed by atoms with Crippen molar-refractivity contribution in [1.82, 2.24) is 15.2 Å². The molecular weight excluding hydrogens is 260 g/mol. The van der Waals surface area contributed by atoms with Crippen LogP contribution in [0.1, 0.15) is 37.2 Å². The van der Waals surface area contributed by atoms with E-state index < -0.39 is 0 Å². The van der Waals surface area contributed by atoms with Gasteiger partial charge in [-0.25, -0.2) is 4.98 Å². The van der Waals surface area contributed by atoms with Gasteiger partial charge < -0.3 is 5.32 Å². The second kappa shape index (κ2) is 5.13. The van der Waals surface area contributed by atoms with Crippen molar-refractivity contribution in [2.75, 3.05) is 5.32 Å². The SMILES string of the molecule is Cc1nc(CC(=O)Nc2cc(C(C)(C)C)[nH]n2)cs1. The van der Waals surface area contributed by atoms with E-state index >= 15 is 0 Å². The van der Waals surface area contributed by atoms with Crippen LogP contribution >= 0.6 is 11.3 Å². The number of nitrogens with zero attached hydrogens (tertiary/aromatic N) is 2. The van der Waals surface area contributed by atoms with Crippen LogP contribution in [-0.2, 0) is 16.6 Å². The summed E-state index contributed by atoms with van der Waals surface area (Å²) in [5.74, 6) is 0.458. The average Bonchev–Trinajstić information content (AvgIpc) is 2.87. The molecule has 0 aliphatic carbocycles. The van der Waals surface area contributed by atoms with E-state index in [1.807, 2.05) is 18.4 Å². The zero-order chi connectivity index (χ0) is 14.0. The van der Waals surface area contributed by atoms with Gasteiger partial charge in [0.2, 0.25) is 5.91 Å². The molecule has 1 amide bonds. The number of carbonyl (C=O) groups excluding carboxylic acids is 1. The predicted octanol–water partition coefficient (Wildman–Crippen LogP) is 2.65. The first-order valence-corrected chi connectivity index (χ1v) is 6.99. The number of aromatic nitrogens is 3. The first-order valence-electron chi connectivity index (χ1n) is 6.11. The maximum absolute atomic E-state index is 11.8. The quantitative estimate of drug-likeness (QED) is 0.906. The van der Waals surface area contributed by atoms with E-state index in [9.17, 15) is 4.79 Å². The van der Waals surface area contributed by atoms with Crippen LogP contribution in [0.5, 0.6) is 0 Å². The number of carbonyl (C=O) groups is 1. The summed E-state index contributed by atoms with van der Waals surface area (Å²) >= 11 is 1.55. The van der Waals surface area contributed by atoms with Crippen molar-refractivity contribution >= 4 is 23.1 Å². The van der Waals surface area contributed by atoms with Crippen molar-refractivity contribution in [2.45, 2.75) is 39.5 Å². The van der Waals surface area contributed by atoms with Gasteiger partial charge in [0, 0.05) is 22.6 Å². The Hall–Kier alpha value is -1.69. The third-order valence-electron chi connectivity index (χ3n) is 2.66. The van der Waals surface area contributed by atoms with Crippen LogP contribution in [0.2, 0.25) is 0 Å². The number of thiazole rings is 1. The summed E-state index contributed by atoms with van der Waals surface area (Å²) in [6.45, 7) is 8.19. The van der Waals surface area contributed by atoms with E-state index in [1.54, 1.807) is 11.3 Å². The molecule has 2 heterocycles. The summed E-state index contributed by atoms with van der Waals surface area (Å²) in [6, 6.07) is 1.87. The molecule has 6 heteroatoms. The highest BCUT2D eigenvalue weighted by Crippen LogP contribution is 2.22. The number of aryl methyl sites for hydroxylation is 1. The van der Waals surface area contributed by atoms with Gasteiger partial charge in [0.05, 0.1) is 17.1 Å². The largest absolute Gasteiger partial charge is 0.309 e. The van der Waals surface area contributed by atoms with E-state index in [4.69, 9.17) is 0 Å². The van der Waals surface area contributed by atoms with Gasteiger partial charge in [-0.1, -0.05) is 20.8 Å². The second-order valence-electron chi connectivity index (χ2n) is 5.50. The topological polar surface area (TPSA) is 70.7 Å². The summed E-state index contributed by atoms with van der Waals surface area (Å²) in [7, 11) is 0. The van der Waals surface area contributed by atoms with Crippen LogP contribution in [0.25, 0.3) is 0 Å². The summed E-state index contributed by atoms with van der Waals surface area (Å²) in [4.78, 5) is 16.1. The highest BCUT2D eigenvalue weighted by molar-refractivity contribution is 7.09. The monoisotopic (exact) mass is 278 g/mol. The lowest BCUT2D eigenvalue weighted by atomic mass is 9.92. The maximum Gasteiger partial charge on any atom is 0.231 e. The number of hydrogen-bond acceptors (Lipinski definition) is 4. The molecule has 0 aromatic carbocycles. The van der Waals surface area contributed by atoms with Crippen molar-refractivity contribution in [3.8, 4) is 0 Å². The Morgan fingerprint density at radius 2 is 2.21 bits per heavy atom. The molecule has 2 rings (SSSR count). The van der Waals surface area contributed by atoms with Gasteiger partial charge in [0.15, 0.2) is 5.82 Å². The van der Waals surface area contributed by atoms with E-state index in [1.165, 1.54) is 0 Å². The number of amides is 1. The van der Waals surface area contributed by atoms with Crippen molar-refractivity contribution in [1.29, 1.82) is 0 Å². The van der Waals surface area contributed by atoms with Crippen LogP contribution in [-0.4, -0.2) is 21.1 Å². The van der Waals surface area contributed by atoms with Gasteiger partial charge in [-0.2, -0.15) is 5.10 Å². The summed E-state index contributed by atoms with van der Waals surface area (Å²) in [5, 5.41) is 12.7. The van der Waals surface area contributed by atoms with Crippen LogP contribution in [0.15, 0.2) is 11.4 Å². The first-order chi connectivity index (χ1) is 8.84. The minimum atomic E-state index is -0.0998. The molecule has 0 radical (unpaired) electrons. The predicted molar refractivity (Wildman–Crippen MR) is 76.5 cm³/mol. The molecule has 0 aliphatic rings. The summed E-state index contributed by atoms with van der Waals surface area (Å²) < 4.78 is 0. The molecule has 19 heavy (non-hydrogen) atoms. The molecule has 0 saturated carbocycles. The Morgan fingerprint density at radius 3 is 2.74 bits per heavy atom. The minimum absolute atomic E-state index is 0.0119. The number of nitrogens with one attached hydrogen (secondary N) is 2. The smallest absolute Gasteiger partial charge is 0.231 e. The fourth-order valence-electron chi connectivity index (χ4n) is 1.61. The molecule has 0 saturated heterocycles. The highest BCUT2D eigenvalue weighted by Gasteiger charge is 2.17. The Labute approximate surface area is 116 Å². The lowest BCUT2D eigenvalue weighted by molar-refractivity contribution is -0.115. The van der Waals surface area contributed by atoms with Crippen LogP contribution in [0, 0.1) is 6.92 Å². The molecule has 5 nitrogen and oxygen atoms in total. The molecule has 102 valence electrons. The number of hydrogen-bond donors (Lipinski definition) is 2. The average molecular weight is 278 g/mol. The normalized spacial score (nSPS) is 11.6. The Kier molecular flexibility index (Phi) is 3.71. The van der Waals surface area contributed by atoms with Crippen LogP contribution < -0.4 is 5.32 Å². The Bertz CT molecular complexity index is 579. The number of H-pyrrole nitrogens is 1. The highest BCUT2D eigenvalue weighted by atomic mass is 32.1. The molecule has 0 unspecified atom stereocenters. The van der Waals surface area contributed by atoms with Gasteiger partial charge in [-0.15, -0.1) is 11.3 Å². The fourth-order valence-corrected chi connectivity index (χ4v) is 2.22. The lowest BCUT2D eigenvalue weighted by Crippen LogP contribution is -2.15. The standard InChI is InChI=1S/C13H18N4OS/c1-8-14-9(7-19-8)5-12(18)15-11-6-10(16-17-11)13(2,3)4/h6-7H,5H2,1-4H3,(H2,15,16,17,18). The van der Waals surface area contributed by atoms with Crippen LogP contribution in [0.4, 0.5) is 5.82 Å². The van der Waals surface area contributed by atoms with Crippen molar-refractivity contribution < 1.29 is 4.79 Å². The van der Waals surface area contributed by atoms with Crippen molar-refractivity contribution in [3.05, 3.63) is 27.8 Å². The molecule has 2 aromatic rings. The van der Waals surface area contributed by atoms with E-state index in [0.29, 0.717) is 5.82 Å². The van der Waals surface area contributed by atoms with Crippen LogP contribution in [0.3, 0.4) is 0 Å². The van der Waals surface area contributed by atoms with Gasteiger partial charge in [-0.3, -0.25) is 9.89 Å². The molecule has 2 N–H and O–H groups in total. The molecule has 2 aromatic heterocycles. The maximum atomic E-state index is 11.8. The molecule has 0 atom stereocenters. The first kappa shape index (κ1) is 13.7. The molecular formula is C13H18N4OS. The van der Waals surface area contributed by atoms with E-state index in [0.717, 1.165) is 16.4 Å². The number of rotatable bonds is 3. The summed E-state index contributed by atoms with van der Waals surface area (Å²) in [6.07, 6.45) is 0.280. The third kappa shape index (κ3) is 3.64. The Morgan fingerprint density at radius 1 is 1.47 bits per heavy atom. The molecule has 0 aliphatic heterocycles. The number of anilines is 1. The Balaban J connectivity index is 1.97. The zero-order valence-electron chi connectivity index (χ0n) is 11.6. The zero-order valence-corrected chi connectivity index (χ0v) is 12.4.